The third-order valence-electron chi connectivity index (χ3n) is 2.50. The van der Waals surface area contributed by atoms with Crippen molar-refractivity contribution in [3.63, 3.8) is 0 Å². The van der Waals surface area contributed by atoms with Crippen LogP contribution in [0.2, 0.25) is 0 Å². The van der Waals surface area contributed by atoms with Gasteiger partial charge in [0.05, 0.1) is 5.69 Å². The number of rotatable bonds is 3. The van der Waals surface area contributed by atoms with E-state index in [0.29, 0.717) is 6.54 Å². The summed E-state index contributed by atoms with van der Waals surface area (Å²) in [6.45, 7) is 8.33. The topological polar surface area (TPSA) is 59.0 Å². The molecule has 1 aromatic rings. The fourth-order valence-corrected chi connectivity index (χ4v) is 1.56. The number of nitrogens with one attached hydrogen (secondary N) is 2. The van der Waals surface area contributed by atoms with Crippen LogP contribution in [0.25, 0.3) is 0 Å². The summed E-state index contributed by atoms with van der Waals surface area (Å²) in [5.74, 6) is 0. The highest BCUT2D eigenvalue weighted by molar-refractivity contribution is 5.74. The van der Waals surface area contributed by atoms with Gasteiger partial charge in [-0.25, -0.2) is 4.79 Å². The van der Waals surface area contributed by atoms with Gasteiger partial charge in [-0.05, 0) is 27.7 Å². The van der Waals surface area contributed by atoms with E-state index in [1.165, 1.54) is 0 Å². The van der Waals surface area contributed by atoms with E-state index in [-0.39, 0.29) is 12.1 Å². The van der Waals surface area contributed by atoms with Crippen molar-refractivity contribution in [3.8, 4) is 0 Å². The van der Waals surface area contributed by atoms with Crippen LogP contribution < -0.4 is 10.6 Å². The number of hydrogen-bond donors (Lipinski definition) is 2. The quantitative estimate of drug-likeness (QED) is 0.811. The minimum absolute atomic E-state index is 0.141. The molecule has 1 heterocycles. The summed E-state index contributed by atoms with van der Waals surface area (Å²) >= 11 is 0. The Labute approximate surface area is 96.2 Å². The first-order chi connectivity index (χ1) is 7.41. The second kappa shape index (κ2) is 5.01. The Kier molecular flexibility index (Phi) is 3.93. The van der Waals surface area contributed by atoms with Gasteiger partial charge in [0.2, 0.25) is 0 Å². The molecule has 0 fully saturated rings. The number of amides is 2. The third-order valence-corrected chi connectivity index (χ3v) is 2.50. The molecular formula is C11H20N4O. The van der Waals surface area contributed by atoms with Gasteiger partial charge in [-0.15, -0.1) is 0 Å². The minimum atomic E-state index is -0.141. The molecule has 0 atom stereocenters. The molecule has 0 bridgehead atoms. The Balaban J connectivity index is 2.58. The SMILES string of the molecule is Cc1nn(C)c(C)c1CNC(=O)NC(C)C. The van der Waals surface area contributed by atoms with Crippen LogP contribution in [0.15, 0.2) is 0 Å². The summed E-state index contributed by atoms with van der Waals surface area (Å²) in [5, 5.41) is 9.90. The largest absolute Gasteiger partial charge is 0.336 e. The average molecular weight is 224 g/mol. The van der Waals surface area contributed by atoms with E-state index in [9.17, 15) is 4.79 Å². The number of carbonyl (C=O) groups is 1. The van der Waals surface area contributed by atoms with Crippen molar-refractivity contribution in [1.82, 2.24) is 20.4 Å². The van der Waals surface area contributed by atoms with Crippen LogP contribution in [0.4, 0.5) is 4.79 Å². The highest BCUT2D eigenvalue weighted by Crippen LogP contribution is 2.10. The Hall–Kier alpha value is -1.52. The highest BCUT2D eigenvalue weighted by atomic mass is 16.2. The van der Waals surface area contributed by atoms with Crippen molar-refractivity contribution in [3.05, 3.63) is 17.0 Å². The van der Waals surface area contributed by atoms with E-state index in [1.54, 1.807) is 0 Å². The molecular weight excluding hydrogens is 204 g/mol. The van der Waals surface area contributed by atoms with Crippen LogP contribution in [-0.4, -0.2) is 21.9 Å². The third kappa shape index (κ3) is 2.98. The number of urea groups is 1. The first-order valence-electron chi connectivity index (χ1n) is 5.45. The van der Waals surface area contributed by atoms with Crippen molar-refractivity contribution >= 4 is 6.03 Å². The number of aryl methyl sites for hydroxylation is 2. The standard InChI is InChI=1S/C11H20N4O/c1-7(2)13-11(16)12-6-10-8(3)14-15(5)9(10)4/h7H,6H2,1-5H3,(H2,12,13,16). The van der Waals surface area contributed by atoms with E-state index >= 15 is 0 Å². The Morgan fingerprint density at radius 3 is 2.50 bits per heavy atom. The lowest BCUT2D eigenvalue weighted by molar-refractivity contribution is 0.238. The van der Waals surface area contributed by atoms with Crippen LogP contribution in [-0.2, 0) is 13.6 Å². The van der Waals surface area contributed by atoms with Crippen molar-refractivity contribution in [2.24, 2.45) is 7.05 Å². The van der Waals surface area contributed by atoms with E-state index in [4.69, 9.17) is 0 Å². The van der Waals surface area contributed by atoms with Gasteiger partial charge in [0.15, 0.2) is 0 Å². The first kappa shape index (κ1) is 12.5. The summed E-state index contributed by atoms with van der Waals surface area (Å²) in [6, 6.07) is 0.00810. The van der Waals surface area contributed by atoms with E-state index in [0.717, 1.165) is 17.0 Å². The molecule has 0 spiro atoms. The lowest BCUT2D eigenvalue weighted by atomic mass is 10.2. The summed E-state index contributed by atoms with van der Waals surface area (Å²) in [7, 11) is 1.90. The molecule has 0 aliphatic carbocycles. The zero-order valence-electron chi connectivity index (χ0n) is 10.6. The number of nitrogens with zero attached hydrogens (tertiary/aromatic N) is 2. The Morgan fingerprint density at radius 1 is 1.44 bits per heavy atom. The molecule has 0 aromatic carbocycles. The van der Waals surface area contributed by atoms with Gasteiger partial charge in [-0.2, -0.15) is 5.10 Å². The molecule has 2 amide bonds. The average Bonchev–Trinajstić information content (AvgIpc) is 2.38. The predicted molar refractivity (Wildman–Crippen MR) is 63.2 cm³/mol. The van der Waals surface area contributed by atoms with Crippen LogP contribution in [0.1, 0.15) is 30.8 Å². The molecule has 5 heteroatoms. The molecule has 2 N–H and O–H groups in total. The van der Waals surface area contributed by atoms with Crippen LogP contribution in [0.5, 0.6) is 0 Å². The Bertz CT molecular complexity index is 382. The van der Waals surface area contributed by atoms with Gasteiger partial charge in [0.1, 0.15) is 0 Å². The van der Waals surface area contributed by atoms with Crippen molar-refractivity contribution < 1.29 is 4.79 Å². The van der Waals surface area contributed by atoms with Crippen LogP contribution in [0.3, 0.4) is 0 Å². The molecule has 0 saturated carbocycles. The van der Waals surface area contributed by atoms with Crippen molar-refractivity contribution in [2.45, 2.75) is 40.3 Å². The molecule has 0 saturated heterocycles. The molecule has 0 radical (unpaired) electrons. The predicted octanol–water partition coefficient (Wildman–Crippen LogP) is 1.24. The summed E-state index contributed by atoms with van der Waals surface area (Å²) in [5.41, 5.74) is 3.13. The zero-order chi connectivity index (χ0) is 12.3. The lowest BCUT2D eigenvalue weighted by Gasteiger charge is -2.10. The monoisotopic (exact) mass is 224 g/mol. The zero-order valence-corrected chi connectivity index (χ0v) is 10.6. The molecule has 16 heavy (non-hydrogen) atoms. The minimum Gasteiger partial charge on any atom is -0.336 e. The molecule has 5 nitrogen and oxygen atoms in total. The number of carbonyl (C=O) groups excluding carboxylic acids is 1. The first-order valence-corrected chi connectivity index (χ1v) is 5.45. The molecule has 1 rings (SSSR count). The molecule has 0 unspecified atom stereocenters. The summed E-state index contributed by atoms with van der Waals surface area (Å²) in [4.78, 5) is 11.4. The maximum atomic E-state index is 11.4. The van der Waals surface area contributed by atoms with Gasteiger partial charge < -0.3 is 10.6 Å². The van der Waals surface area contributed by atoms with Crippen LogP contribution >= 0.6 is 0 Å². The smallest absolute Gasteiger partial charge is 0.315 e. The van der Waals surface area contributed by atoms with Gasteiger partial charge in [-0.3, -0.25) is 4.68 Å². The van der Waals surface area contributed by atoms with E-state index < -0.39 is 0 Å². The number of aromatic nitrogens is 2. The highest BCUT2D eigenvalue weighted by Gasteiger charge is 2.10. The fraction of sp³-hybridized carbons (Fsp3) is 0.636. The Morgan fingerprint density at radius 2 is 2.06 bits per heavy atom. The van der Waals surface area contributed by atoms with Gasteiger partial charge in [-0.1, -0.05) is 0 Å². The second-order valence-electron chi connectivity index (χ2n) is 4.25. The van der Waals surface area contributed by atoms with E-state index in [2.05, 4.69) is 15.7 Å². The molecule has 1 aromatic heterocycles. The van der Waals surface area contributed by atoms with Crippen LogP contribution in [0, 0.1) is 13.8 Å². The molecule has 0 aliphatic heterocycles. The normalized spacial score (nSPS) is 10.6. The maximum Gasteiger partial charge on any atom is 0.315 e. The van der Waals surface area contributed by atoms with Gasteiger partial charge in [0, 0.05) is 30.9 Å². The van der Waals surface area contributed by atoms with E-state index in [1.807, 2.05) is 39.4 Å². The lowest BCUT2D eigenvalue weighted by Crippen LogP contribution is -2.39. The van der Waals surface area contributed by atoms with Gasteiger partial charge in [0.25, 0.3) is 0 Å². The molecule has 0 aliphatic rings. The van der Waals surface area contributed by atoms with Crippen molar-refractivity contribution in [1.29, 1.82) is 0 Å². The summed E-state index contributed by atoms with van der Waals surface area (Å²) in [6.07, 6.45) is 0. The second-order valence-corrected chi connectivity index (χ2v) is 4.25. The molecule has 90 valence electrons. The van der Waals surface area contributed by atoms with Crippen molar-refractivity contribution in [2.75, 3.05) is 0 Å². The number of hydrogen-bond acceptors (Lipinski definition) is 2. The maximum absolute atomic E-state index is 11.4. The van der Waals surface area contributed by atoms with Gasteiger partial charge >= 0.3 is 6.03 Å². The fourth-order valence-electron chi connectivity index (χ4n) is 1.56. The summed E-state index contributed by atoms with van der Waals surface area (Å²) < 4.78 is 1.83.